The number of nitrogens with one attached hydrogen (secondary N) is 1. The number of nitro benzene ring substituents is 1. The van der Waals surface area contributed by atoms with Crippen molar-refractivity contribution >= 4 is 17.3 Å². The van der Waals surface area contributed by atoms with E-state index in [-0.39, 0.29) is 17.3 Å². The maximum Gasteiger partial charge on any atom is 0.311 e. The van der Waals surface area contributed by atoms with E-state index in [0.29, 0.717) is 12.3 Å². The molecule has 0 unspecified atom stereocenters. The molecule has 0 atom stereocenters. The molecule has 0 saturated carbocycles. The lowest BCUT2D eigenvalue weighted by molar-refractivity contribution is -0.385. The number of anilines is 1. The predicted molar refractivity (Wildman–Crippen MR) is 67.8 cm³/mol. The SMILES string of the molecule is CCCCOc1cc(NC(C)=O)ccc1[N+](=O)[O-]. The molecule has 1 aromatic carbocycles. The molecule has 0 aromatic heterocycles. The molecule has 0 aliphatic heterocycles. The van der Waals surface area contributed by atoms with E-state index in [0.717, 1.165) is 12.8 Å². The Morgan fingerprint density at radius 3 is 2.78 bits per heavy atom. The van der Waals surface area contributed by atoms with Crippen molar-refractivity contribution in [3.8, 4) is 5.75 Å². The van der Waals surface area contributed by atoms with Crippen molar-refractivity contribution in [3.63, 3.8) is 0 Å². The molecule has 1 rings (SSSR count). The third-order valence-electron chi connectivity index (χ3n) is 2.23. The van der Waals surface area contributed by atoms with E-state index in [2.05, 4.69) is 5.32 Å². The Hall–Kier alpha value is -2.11. The van der Waals surface area contributed by atoms with Gasteiger partial charge in [0.2, 0.25) is 5.91 Å². The highest BCUT2D eigenvalue weighted by Gasteiger charge is 2.15. The Morgan fingerprint density at radius 1 is 1.50 bits per heavy atom. The van der Waals surface area contributed by atoms with Crippen LogP contribution in [-0.4, -0.2) is 17.4 Å². The Morgan fingerprint density at radius 2 is 2.22 bits per heavy atom. The van der Waals surface area contributed by atoms with Gasteiger partial charge in [-0.25, -0.2) is 0 Å². The second-order valence-corrected chi connectivity index (χ2v) is 3.82. The molecule has 0 heterocycles. The summed E-state index contributed by atoms with van der Waals surface area (Å²) in [6.07, 6.45) is 1.76. The largest absolute Gasteiger partial charge is 0.487 e. The average Bonchev–Trinajstić information content (AvgIpc) is 2.28. The fraction of sp³-hybridized carbons (Fsp3) is 0.417. The first-order chi connectivity index (χ1) is 8.54. The van der Waals surface area contributed by atoms with E-state index in [1.807, 2.05) is 6.92 Å². The maximum atomic E-state index is 10.9. The summed E-state index contributed by atoms with van der Waals surface area (Å²) in [7, 11) is 0. The molecule has 0 radical (unpaired) electrons. The molecule has 1 amide bonds. The zero-order valence-corrected chi connectivity index (χ0v) is 10.4. The van der Waals surface area contributed by atoms with Gasteiger partial charge in [-0.15, -0.1) is 0 Å². The lowest BCUT2D eigenvalue weighted by Gasteiger charge is -2.08. The van der Waals surface area contributed by atoms with Crippen LogP contribution in [-0.2, 0) is 4.79 Å². The molecule has 0 aliphatic carbocycles. The van der Waals surface area contributed by atoms with Crippen molar-refractivity contribution < 1.29 is 14.5 Å². The van der Waals surface area contributed by atoms with E-state index in [1.54, 1.807) is 0 Å². The second kappa shape index (κ2) is 6.58. The smallest absolute Gasteiger partial charge is 0.311 e. The summed E-state index contributed by atoms with van der Waals surface area (Å²) < 4.78 is 5.37. The molecule has 0 fully saturated rings. The summed E-state index contributed by atoms with van der Waals surface area (Å²) in [4.78, 5) is 21.2. The van der Waals surface area contributed by atoms with Gasteiger partial charge >= 0.3 is 5.69 Å². The number of carbonyl (C=O) groups is 1. The molecule has 98 valence electrons. The van der Waals surface area contributed by atoms with Gasteiger partial charge in [-0.3, -0.25) is 14.9 Å². The Labute approximate surface area is 105 Å². The van der Waals surface area contributed by atoms with Crippen LogP contribution in [0.3, 0.4) is 0 Å². The van der Waals surface area contributed by atoms with Crippen LogP contribution in [0.4, 0.5) is 11.4 Å². The van der Waals surface area contributed by atoms with E-state index in [1.165, 1.54) is 25.1 Å². The molecule has 0 aliphatic rings. The van der Waals surface area contributed by atoms with Gasteiger partial charge in [-0.1, -0.05) is 13.3 Å². The number of nitro groups is 1. The number of nitrogens with zero attached hydrogens (tertiary/aromatic N) is 1. The lowest BCUT2D eigenvalue weighted by atomic mass is 10.2. The highest BCUT2D eigenvalue weighted by molar-refractivity contribution is 5.89. The Balaban J connectivity index is 2.92. The van der Waals surface area contributed by atoms with Crippen molar-refractivity contribution in [1.29, 1.82) is 0 Å². The molecule has 6 heteroatoms. The zero-order valence-electron chi connectivity index (χ0n) is 10.4. The summed E-state index contributed by atoms with van der Waals surface area (Å²) in [6, 6.07) is 4.27. The first-order valence-corrected chi connectivity index (χ1v) is 5.73. The van der Waals surface area contributed by atoms with E-state index in [4.69, 9.17) is 4.74 Å². The molecule has 0 spiro atoms. The number of hydrogen-bond donors (Lipinski definition) is 1. The molecular formula is C12H16N2O4. The van der Waals surface area contributed by atoms with Gasteiger partial charge < -0.3 is 10.1 Å². The molecule has 0 saturated heterocycles. The van der Waals surface area contributed by atoms with Gasteiger partial charge in [-0.05, 0) is 12.5 Å². The van der Waals surface area contributed by atoms with Crippen molar-refractivity contribution in [3.05, 3.63) is 28.3 Å². The standard InChI is InChI=1S/C12H16N2O4/c1-3-4-7-18-12-8-10(13-9(2)15)5-6-11(12)14(16)17/h5-6,8H,3-4,7H2,1-2H3,(H,13,15). The Kier molecular flexibility index (Phi) is 5.10. The van der Waals surface area contributed by atoms with Crippen molar-refractivity contribution in [2.75, 3.05) is 11.9 Å². The molecule has 6 nitrogen and oxygen atoms in total. The zero-order chi connectivity index (χ0) is 13.5. The van der Waals surface area contributed by atoms with Gasteiger partial charge in [0, 0.05) is 24.7 Å². The van der Waals surface area contributed by atoms with Crippen molar-refractivity contribution in [2.45, 2.75) is 26.7 Å². The minimum Gasteiger partial charge on any atom is -0.487 e. The van der Waals surface area contributed by atoms with E-state index < -0.39 is 4.92 Å². The van der Waals surface area contributed by atoms with Crippen molar-refractivity contribution in [2.24, 2.45) is 0 Å². The topological polar surface area (TPSA) is 81.5 Å². The molecule has 0 bridgehead atoms. The summed E-state index contributed by atoms with van der Waals surface area (Å²) in [5, 5.41) is 13.4. The van der Waals surface area contributed by atoms with Crippen LogP contribution < -0.4 is 10.1 Å². The summed E-state index contributed by atoms with van der Waals surface area (Å²) >= 11 is 0. The lowest BCUT2D eigenvalue weighted by Crippen LogP contribution is -2.07. The fourth-order valence-corrected chi connectivity index (χ4v) is 1.39. The number of amides is 1. The number of unbranched alkanes of at least 4 members (excludes halogenated alkanes) is 1. The van der Waals surface area contributed by atoms with Crippen LogP contribution in [0, 0.1) is 10.1 Å². The van der Waals surface area contributed by atoms with Gasteiger partial charge in [0.25, 0.3) is 0 Å². The van der Waals surface area contributed by atoms with Crippen LogP contribution in [0.2, 0.25) is 0 Å². The number of carbonyl (C=O) groups excluding carboxylic acids is 1. The predicted octanol–water partition coefficient (Wildman–Crippen LogP) is 2.73. The third kappa shape index (κ3) is 4.04. The number of hydrogen-bond acceptors (Lipinski definition) is 4. The van der Waals surface area contributed by atoms with Gasteiger partial charge in [0.1, 0.15) is 0 Å². The number of benzene rings is 1. The first kappa shape index (κ1) is 14.0. The van der Waals surface area contributed by atoms with E-state index >= 15 is 0 Å². The van der Waals surface area contributed by atoms with Gasteiger partial charge in [-0.2, -0.15) is 0 Å². The highest BCUT2D eigenvalue weighted by atomic mass is 16.6. The average molecular weight is 252 g/mol. The number of rotatable bonds is 6. The van der Waals surface area contributed by atoms with Crippen LogP contribution in [0.1, 0.15) is 26.7 Å². The van der Waals surface area contributed by atoms with Crippen LogP contribution >= 0.6 is 0 Å². The number of ether oxygens (including phenoxy) is 1. The summed E-state index contributed by atoms with van der Waals surface area (Å²) in [6.45, 7) is 3.80. The third-order valence-corrected chi connectivity index (χ3v) is 2.23. The normalized spacial score (nSPS) is 9.89. The van der Waals surface area contributed by atoms with E-state index in [9.17, 15) is 14.9 Å². The van der Waals surface area contributed by atoms with Gasteiger partial charge in [0.05, 0.1) is 11.5 Å². The highest BCUT2D eigenvalue weighted by Crippen LogP contribution is 2.30. The second-order valence-electron chi connectivity index (χ2n) is 3.82. The van der Waals surface area contributed by atoms with Gasteiger partial charge in [0.15, 0.2) is 5.75 Å². The summed E-state index contributed by atoms with van der Waals surface area (Å²) in [5.41, 5.74) is 0.389. The van der Waals surface area contributed by atoms with Crippen LogP contribution in [0.25, 0.3) is 0 Å². The van der Waals surface area contributed by atoms with Crippen LogP contribution in [0.15, 0.2) is 18.2 Å². The Bertz CT molecular complexity index is 446. The monoisotopic (exact) mass is 252 g/mol. The molecule has 1 aromatic rings. The molecular weight excluding hydrogens is 236 g/mol. The molecule has 1 N–H and O–H groups in total. The summed E-state index contributed by atoms with van der Waals surface area (Å²) in [5.74, 6) is -0.0527. The molecule has 18 heavy (non-hydrogen) atoms. The van der Waals surface area contributed by atoms with Crippen molar-refractivity contribution in [1.82, 2.24) is 0 Å². The maximum absolute atomic E-state index is 10.9. The van der Waals surface area contributed by atoms with Crippen LogP contribution in [0.5, 0.6) is 5.75 Å². The first-order valence-electron chi connectivity index (χ1n) is 5.73. The minimum atomic E-state index is -0.501. The quantitative estimate of drug-likeness (QED) is 0.479. The fourth-order valence-electron chi connectivity index (χ4n) is 1.39. The minimum absolute atomic E-state index is 0.0970.